The monoisotopic (exact) mass is 254 g/mol. The molecule has 0 aromatic carbocycles. The fraction of sp³-hybridized carbons (Fsp3) is 1.00. The Morgan fingerprint density at radius 2 is 1.83 bits per heavy atom. The number of rotatable bonds is 4. The SMILES string of the molecule is CN(CC1CCCCO1)C1(CN)CCCCCC1. The van der Waals surface area contributed by atoms with E-state index < -0.39 is 0 Å². The Kier molecular flexibility index (Phi) is 5.46. The lowest BCUT2D eigenvalue weighted by Crippen LogP contribution is -2.54. The van der Waals surface area contributed by atoms with Crippen molar-refractivity contribution in [3.05, 3.63) is 0 Å². The summed E-state index contributed by atoms with van der Waals surface area (Å²) in [5, 5.41) is 0. The zero-order valence-electron chi connectivity index (χ0n) is 12.0. The fourth-order valence-electron chi connectivity index (χ4n) is 3.58. The van der Waals surface area contributed by atoms with E-state index in [-0.39, 0.29) is 5.54 Å². The molecule has 0 aromatic heterocycles. The van der Waals surface area contributed by atoms with Crippen LogP contribution in [0.5, 0.6) is 0 Å². The first-order valence-corrected chi connectivity index (χ1v) is 7.80. The first kappa shape index (κ1) is 14.3. The highest BCUT2D eigenvalue weighted by Crippen LogP contribution is 2.31. The van der Waals surface area contributed by atoms with E-state index in [9.17, 15) is 0 Å². The maximum atomic E-state index is 6.13. The number of nitrogens with two attached hydrogens (primary N) is 1. The van der Waals surface area contributed by atoms with E-state index in [0.717, 1.165) is 19.7 Å². The molecule has 0 radical (unpaired) electrons. The first-order valence-electron chi connectivity index (χ1n) is 7.80. The number of likely N-dealkylation sites (N-methyl/N-ethyl adjacent to an activating group) is 1. The van der Waals surface area contributed by atoms with Crippen molar-refractivity contribution in [2.75, 3.05) is 26.7 Å². The van der Waals surface area contributed by atoms with Gasteiger partial charge in [-0.25, -0.2) is 0 Å². The van der Waals surface area contributed by atoms with Gasteiger partial charge in [0.05, 0.1) is 6.10 Å². The third kappa shape index (κ3) is 3.46. The lowest BCUT2D eigenvalue weighted by molar-refractivity contribution is -0.0254. The molecule has 2 rings (SSSR count). The average molecular weight is 254 g/mol. The minimum absolute atomic E-state index is 0.247. The van der Waals surface area contributed by atoms with Gasteiger partial charge >= 0.3 is 0 Å². The molecule has 1 saturated carbocycles. The maximum Gasteiger partial charge on any atom is 0.0702 e. The van der Waals surface area contributed by atoms with E-state index in [1.165, 1.54) is 57.8 Å². The molecular weight excluding hydrogens is 224 g/mol. The molecule has 0 amide bonds. The van der Waals surface area contributed by atoms with Crippen LogP contribution in [-0.2, 0) is 4.74 Å². The Morgan fingerprint density at radius 3 is 2.39 bits per heavy atom. The van der Waals surface area contributed by atoms with Gasteiger partial charge in [-0.1, -0.05) is 25.7 Å². The summed E-state index contributed by atoms with van der Waals surface area (Å²) in [5.74, 6) is 0. The zero-order chi connectivity index (χ0) is 12.8. The minimum atomic E-state index is 0.247. The highest BCUT2D eigenvalue weighted by atomic mass is 16.5. The summed E-state index contributed by atoms with van der Waals surface area (Å²) in [6.45, 7) is 2.82. The summed E-state index contributed by atoms with van der Waals surface area (Å²) in [7, 11) is 2.26. The van der Waals surface area contributed by atoms with Crippen molar-refractivity contribution in [1.29, 1.82) is 0 Å². The van der Waals surface area contributed by atoms with E-state index in [0.29, 0.717) is 6.10 Å². The molecule has 1 heterocycles. The van der Waals surface area contributed by atoms with Crippen molar-refractivity contribution < 1.29 is 4.74 Å². The quantitative estimate of drug-likeness (QED) is 0.784. The van der Waals surface area contributed by atoms with Crippen LogP contribution < -0.4 is 5.73 Å². The van der Waals surface area contributed by atoms with Crippen LogP contribution >= 0.6 is 0 Å². The molecule has 2 N–H and O–H groups in total. The second kappa shape index (κ2) is 6.88. The molecule has 0 spiro atoms. The van der Waals surface area contributed by atoms with Crippen LogP contribution in [0.25, 0.3) is 0 Å². The fourth-order valence-corrected chi connectivity index (χ4v) is 3.58. The predicted octanol–water partition coefficient (Wildman–Crippen LogP) is 2.54. The molecule has 18 heavy (non-hydrogen) atoms. The molecule has 2 fully saturated rings. The van der Waals surface area contributed by atoms with Crippen LogP contribution in [0.15, 0.2) is 0 Å². The van der Waals surface area contributed by atoms with Gasteiger partial charge in [-0.15, -0.1) is 0 Å². The summed E-state index contributed by atoms with van der Waals surface area (Å²) >= 11 is 0. The van der Waals surface area contributed by atoms with Crippen molar-refractivity contribution in [3.63, 3.8) is 0 Å². The highest BCUT2D eigenvalue weighted by molar-refractivity contribution is 4.92. The number of hydrogen-bond acceptors (Lipinski definition) is 3. The van der Waals surface area contributed by atoms with Crippen molar-refractivity contribution in [1.82, 2.24) is 4.90 Å². The lowest BCUT2D eigenvalue weighted by Gasteiger charge is -2.43. The first-order chi connectivity index (χ1) is 8.77. The van der Waals surface area contributed by atoms with Gasteiger partial charge in [-0.05, 0) is 39.2 Å². The second-order valence-electron chi connectivity index (χ2n) is 6.21. The lowest BCUT2D eigenvalue weighted by atomic mass is 9.88. The summed E-state index contributed by atoms with van der Waals surface area (Å²) in [6, 6.07) is 0. The van der Waals surface area contributed by atoms with Gasteiger partial charge < -0.3 is 10.5 Å². The Labute approximate surface area is 112 Å². The van der Waals surface area contributed by atoms with Crippen molar-refractivity contribution in [3.8, 4) is 0 Å². The molecule has 1 aliphatic heterocycles. The molecule has 106 valence electrons. The van der Waals surface area contributed by atoms with E-state index in [2.05, 4.69) is 11.9 Å². The Balaban J connectivity index is 1.92. The normalized spacial score (nSPS) is 29.2. The number of nitrogens with zero attached hydrogens (tertiary/aromatic N) is 1. The van der Waals surface area contributed by atoms with E-state index >= 15 is 0 Å². The highest BCUT2D eigenvalue weighted by Gasteiger charge is 2.34. The van der Waals surface area contributed by atoms with Crippen LogP contribution in [0, 0.1) is 0 Å². The summed E-state index contributed by atoms with van der Waals surface area (Å²) in [4.78, 5) is 2.52. The minimum Gasteiger partial charge on any atom is -0.377 e. The molecule has 3 nitrogen and oxygen atoms in total. The standard InChI is InChI=1S/C15H30N2O/c1-17(12-14-8-4-7-11-18-14)15(13-16)9-5-2-3-6-10-15/h14H,2-13,16H2,1H3. The van der Waals surface area contributed by atoms with Gasteiger partial charge in [0.2, 0.25) is 0 Å². The summed E-state index contributed by atoms with van der Waals surface area (Å²) in [5.41, 5.74) is 6.38. The van der Waals surface area contributed by atoms with Crippen molar-refractivity contribution >= 4 is 0 Å². The smallest absolute Gasteiger partial charge is 0.0702 e. The molecule has 3 heteroatoms. The molecule has 1 saturated heterocycles. The third-order valence-corrected chi connectivity index (χ3v) is 4.98. The largest absolute Gasteiger partial charge is 0.377 e. The van der Waals surface area contributed by atoms with E-state index in [1.807, 2.05) is 0 Å². The van der Waals surface area contributed by atoms with Crippen LogP contribution in [0.4, 0.5) is 0 Å². The molecule has 1 unspecified atom stereocenters. The van der Waals surface area contributed by atoms with Gasteiger partial charge in [0.25, 0.3) is 0 Å². The van der Waals surface area contributed by atoms with E-state index in [1.54, 1.807) is 0 Å². The third-order valence-electron chi connectivity index (χ3n) is 4.98. The van der Waals surface area contributed by atoms with Gasteiger partial charge in [-0.2, -0.15) is 0 Å². The summed E-state index contributed by atoms with van der Waals surface area (Å²) < 4.78 is 5.88. The van der Waals surface area contributed by atoms with Gasteiger partial charge in [0.1, 0.15) is 0 Å². The van der Waals surface area contributed by atoms with Gasteiger partial charge in [0, 0.05) is 25.2 Å². The van der Waals surface area contributed by atoms with Crippen LogP contribution in [-0.4, -0.2) is 43.3 Å². The number of ether oxygens (including phenoxy) is 1. The second-order valence-corrected chi connectivity index (χ2v) is 6.21. The average Bonchev–Trinajstić information content (AvgIpc) is 2.66. The zero-order valence-corrected chi connectivity index (χ0v) is 12.0. The molecule has 1 atom stereocenters. The van der Waals surface area contributed by atoms with Crippen LogP contribution in [0.2, 0.25) is 0 Å². The molecule has 1 aliphatic carbocycles. The van der Waals surface area contributed by atoms with Crippen molar-refractivity contribution in [2.24, 2.45) is 5.73 Å². The molecule has 0 aromatic rings. The van der Waals surface area contributed by atoms with E-state index in [4.69, 9.17) is 10.5 Å². The Bertz CT molecular complexity index is 231. The Morgan fingerprint density at radius 1 is 1.11 bits per heavy atom. The van der Waals surface area contributed by atoms with Gasteiger partial charge in [0.15, 0.2) is 0 Å². The predicted molar refractivity (Wildman–Crippen MR) is 75.7 cm³/mol. The molecule has 2 aliphatic rings. The van der Waals surface area contributed by atoms with Crippen LogP contribution in [0.3, 0.4) is 0 Å². The Hall–Kier alpha value is -0.120. The summed E-state index contributed by atoms with van der Waals surface area (Å²) in [6.07, 6.45) is 12.2. The van der Waals surface area contributed by atoms with Gasteiger partial charge in [-0.3, -0.25) is 4.90 Å². The topological polar surface area (TPSA) is 38.5 Å². The van der Waals surface area contributed by atoms with Crippen LogP contribution in [0.1, 0.15) is 57.8 Å². The molecule has 0 bridgehead atoms. The maximum absolute atomic E-state index is 6.13. The molecular formula is C15H30N2O. The number of hydrogen-bond donors (Lipinski definition) is 1. The van der Waals surface area contributed by atoms with Crippen molar-refractivity contribution in [2.45, 2.75) is 69.4 Å².